The average Bonchev–Trinajstić information content (AvgIpc) is 2.75. The minimum atomic E-state index is -3.57. The number of aliphatic hydroxyl groups is 1. The summed E-state index contributed by atoms with van der Waals surface area (Å²) in [6.45, 7) is 1.04. The summed E-state index contributed by atoms with van der Waals surface area (Å²) in [4.78, 5) is 18.6. The first kappa shape index (κ1) is 22.2. The Labute approximate surface area is 177 Å². The van der Waals surface area contributed by atoms with E-state index in [1.165, 1.54) is 32.4 Å². The molecule has 1 unspecified atom stereocenters. The van der Waals surface area contributed by atoms with Gasteiger partial charge < -0.3 is 10.0 Å². The number of rotatable bonds is 6. The van der Waals surface area contributed by atoms with Crippen molar-refractivity contribution in [3.05, 3.63) is 54.2 Å². The zero-order valence-electron chi connectivity index (χ0n) is 17.3. The van der Waals surface area contributed by atoms with Crippen LogP contribution in [0.3, 0.4) is 0 Å². The molecule has 0 bridgehead atoms. The molecule has 30 heavy (non-hydrogen) atoms. The predicted molar refractivity (Wildman–Crippen MR) is 115 cm³/mol. The Morgan fingerprint density at radius 1 is 1.23 bits per heavy atom. The average molecular weight is 433 g/mol. The van der Waals surface area contributed by atoms with Gasteiger partial charge in [0.15, 0.2) is 0 Å². The maximum atomic E-state index is 12.8. The Kier molecular flexibility index (Phi) is 6.74. The van der Waals surface area contributed by atoms with E-state index in [1.807, 2.05) is 30.3 Å². The zero-order chi connectivity index (χ0) is 21.8. The number of carbonyl (C=O) groups is 1. The van der Waals surface area contributed by atoms with E-state index in [9.17, 15) is 18.3 Å². The van der Waals surface area contributed by atoms with Crippen LogP contribution in [-0.2, 0) is 16.4 Å². The molecule has 1 saturated heterocycles. The number of benzene rings is 1. The van der Waals surface area contributed by atoms with E-state index in [-0.39, 0.29) is 28.8 Å². The van der Waals surface area contributed by atoms with Crippen molar-refractivity contribution in [2.75, 3.05) is 39.1 Å². The van der Waals surface area contributed by atoms with Crippen molar-refractivity contribution in [2.24, 2.45) is 5.41 Å². The van der Waals surface area contributed by atoms with Crippen molar-refractivity contribution >= 4 is 21.9 Å². The van der Waals surface area contributed by atoms with Gasteiger partial charge in [-0.15, -0.1) is 0 Å². The van der Waals surface area contributed by atoms with Gasteiger partial charge in [0.1, 0.15) is 10.7 Å². The number of nitrogens with zero attached hydrogens (tertiary/aromatic N) is 3. The largest absolute Gasteiger partial charge is 0.396 e. The van der Waals surface area contributed by atoms with Gasteiger partial charge in [-0.2, -0.15) is 0 Å². The predicted octanol–water partition coefficient (Wildman–Crippen LogP) is 2.18. The van der Waals surface area contributed by atoms with E-state index in [0.717, 1.165) is 22.7 Å². The number of likely N-dealkylation sites (tertiary alicyclic amines) is 1. The molecule has 8 nitrogen and oxygen atoms in total. The lowest BCUT2D eigenvalue weighted by atomic mass is 9.76. The summed E-state index contributed by atoms with van der Waals surface area (Å²) in [7, 11) is -0.674. The smallest absolute Gasteiger partial charge is 0.323 e. The third kappa shape index (κ3) is 4.97. The second-order valence-electron chi connectivity index (χ2n) is 7.94. The highest BCUT2D eigenvalue weighted by Gasteiger charge is 2.37. The molecule has 0 aliphatic carbocycles. The zero-order valence-corrected chi connectivity index (χ0v) is 18.1. The molecule has 1 aromatic heterocycles. The summed E-state index contributed by atoms with van der Waals surface area (Å²) in [5.74, 6) is 0.279. The lowest BCUT2D eigenvalue weighted by molar-refractivity contribution is 0.0500. The Bertz CT molecular complexity index is 964. The summed E-state index contributed by atoms with van der Waals surface area (Å²) in [5.41, 5.74) is 0.752. The molecule has 3 rings (SSSR count). The molecule has 2 N–H and O–H groups in total. The fourth-order valence-corrected chi connectivity index (χ4v) is 4.59. The maximum Gasteiger partial charge on any atom is 0.323 e. The van der Waals surface area contributed by atoms with Gasteiger partial charge in [-0.25, -0.2) is 22.5 Å². The Hall–Kier alpha value is -2.49. The maximum absolute atomic E-state index is 12.8. The number of aromatic nitrogens is 1. The van der Waals surface area contributed by atoms with Crippen LogP contribution in [0.5, 0.6) is 0 Å². The van der Waals surface area contributed by atoms with Crippen LogP contribution in [0.1, 0.15) is 18.4 Å². The van der Waals surface area contributed by atoms with E-state index in [0.29, 0.717) is 19.5 Å². The van der Waals surface area contributed by atoms with Gasteiger partial charge in [-0.3, -0.25) is 5.32 Å². The fraction of sp³-hybridized carbons (Fsp3) is 0.429. The minimum absolute atomic E-state index is 0.00101. The summed E-state index contributed by atoms with van der Waals surface area (Å²) in [5, 5.41) is 12.8. The minimum Gasteiger partial charge on any atom is -0.396 e. The summed E-state index contributed by atoms with van der Waals surface area (Å²) >= 11 is 0. The van der Waals surface area contributed by atoms with Gasteiger partial charge >= 0.3 is 6.03 Å². The van der Waals surface area contributed by atoms with Crippen molar-refractivity contribution in [1.29, 1.82) is 0 Å². The van der Waals surface area contributed by atoms with Crippen molar-refractivity contribution in [1.82, 2.24) is 14.2 Å². The molecular formula is C21H28N4O4S. The van der Waals surface area contributed by atoms with Crippen molar-refractivity contribution < 1.29 is 18.3 Å². The normalized spacial score (nSPS) is 19.7. The topological polar surface area (TPSA) is 103 Å². The number of nitrogens with one attached hydrogen (secondary N) is 1. The second-order valence-corrected chi connectivity index (χ2v) is 10.1. The Morgan fingerprint density at radius 3 is 2.57 bits per heavy atom. The van der Waals surface area contributed by atoms with E-state index in [2.05, 4.69) is 10.3 Å². The van der Waals surface area contributed by atoms with Crippen LogP contribution in [-0.4, -0.2) is 67.5 Å². The van der Waals surface area contributed by atoms with E-state index >= 15 is 0 Å². The number of aliphatic hydroxyl groups excluding tert-OH is 1. The van der Waals surface area contributed by atoms with E-state index in [4.69, 9.17) is 0 Å². The number of sulfonamides is 1. The van der Waals surface area contributed by atoms with Crippen LogP contribution in [0.25, 0.3) is 0 Å². The van der Waals surface area contributed by atoms with Gasteiger partial charge in [0.2, 0.25) is 10.0 Å². The molecule has 1 aliphatic rings. The van der Waals surface area contributed by atoms with Gasteiger partial charge in [0.05, 0.1) is 6.61 Å². The molecule has 1 aromatic carbocycles. The first-order valence-electron chi connectivity index (χ1n) is 9.85. The van der Waals surface area contributed by atoms with Crippen LogP contribution in [0.4, 0.5) is 10.6 Å². The van der Waals surface area contributed by atoms with Crippen LogP contribution < -0.4 is 5.32 Å². The molecule has 0 saturated carbocycles. The summed E-state index contributed by atoms with van der Waals surface area (Å²) in [6, 6.07) is 12.5. The summed E-state index contributed by atoms with van der Waals surface area (Å²) < 4.78 is 25.4. The van der Waals surface area contributed by atoms with Crippen LogP contribution in [0.2, 0.25) is 0 Å². The molecule has 1 atom stereocenters. The monoisotopic (exact) mass is 432 g/mol. The fourth-order valence-electron chi connectivity index (χ4n) is 3.75. The standard InChI is InChI=1S/C21H28N4O4S/c1-24(2)30(28,29)18-9-10-19(22-14-18)23-20(27)25-12-6-11-21(15-25,16-26)13-17-7-4-3-5-8-17/h3-5,7-10,14,26H,6,11-13,15-16H2,1-2H3,(H,22,23,27). The van der Waals surface area contributed by atoms with Crippen LogP contribution >= 0.6 is 0 Å². The summed E-state index contributed by atoms with van der Waals surface area (Å²) in [6.07, 6.45) is 3.57. The molecule has 2 aromatic rings. The highest BCUT2D eigenvalue weighted by Crippen LogP contribution is 2.33. The molecular weight excluding hydrogens is 404 g/mol. The Morgan fingerprint density at radius 2 is 1.97 bits per heavy atom. The van der Waals surface area contributed by atoms with Crippen LogP contribution in [0.15, 0.2) is 53.6 Å². The van der Waals surface area contributed by atoms with E-state index < -0.39 is 10.0 Å². The number of urea groups is 1. The van der Waals surface area contributed by atoms with E-state index in [1.54, 1.807) is 4.90 Å². The highest BCUT2D eigenvalue weighted by atomic mass is 32.2. The number of amides is 2. The molecule has 0 radical (unpaired) electrons. The first-order valence-corrected chi connectivity index (χ1v) is 11.3. The van der Waals surface area contributed by atoms with Gasteiger partial charge in [0.25, 0.3) is 0 Å². The number of pyridine rings is 1. The Balaban J connectivity index is 1.68. The molecule has 2 amide bonds. The van der Waals surface area contributed by atoms with Crippen LogP contribution in [0, 0.1) is 5.41 Å². The lowest BCUT2D eigenvalue weighted by Crippen LogP contribution is -2.50. The lowest BCUT2D eigenvalue weighted by Gasteiger charge is -2.41. The first-order chi connectivity index (χ1) is 14.3. The van der Waals surface area contributed by atoms with Crippen molar-refractivity contribution in [2.45, 2.75) is 24.2 Å². The molecule has 1 aliphatic heterocycles. The quantitative estimate of drug-likeness (QED) is 0.728. The third-order valence-corrected chi connectivity index (χ3v) is 7.25. The number of anilines is 1. The third-order valence-electron chi connectivity index (χ3n) is 5.46. The van der Waals surface area contributed by atoms with Crippen molar-refractivity contribution in [3.8, 4) is 0 Å². The highest BCUT2D eigenvalue weighted by molar-refractivity contribution is 7.89. The second kappa shape index (κ2) is 9.11. The molecule has 1 fully saturated rings. The number of piperidine rings is 1. The number of carbonyl (C=O) groups excluding carboxylic acids is 1. The van der Waals surface area contributed by atoms with Crippen molar-refractivity contribution in [3.63, 3.8) is 0 Å². The number of hydrogen-bond acceptors (Lipinski definition) is 5. The van der Waals surface area contributed by atoms with Gasteiger partial charge in [0, 0.05) is 38.8 Å². The van der Waals surface area contributed by atoms with Gasteiger partial charge in [-0.1, -0.05) is 30.3 Å². The molecule has 162 valence electrons. The van der Waals surface area contributed by atoms with Gasteiger partial charge in [-0.05, 0) is 37.0 Å². The SMILES string of the molecule is CN(C)S(=O)(=O)c1ccc(NC(=O)N2CCCC(CO)(Cc3ccccc3)C2)nc1. The molecule has 2 heterocycles. The number of hydrogen-bond donors (Lipinski definition) is 2. The molecule has 0 spiro atoms. The molecule has 9 heteroatoms.